The van der Waals surface area contributed by atoms with Crippen molar-refractivity contribution in [1.29, 1.82) is 0 Å². The van der Waals surface area contributed by atoms with Gasteiger partial charge in [0.2, 0.25) is 0 Å². The molecule has 3 aromatic rings. The monoisotopic (exact) mass is 492 g/mol. The summed E-state index contributed by atoms with van der Waals surface area (Å²) in [7, 11) is 0. The van der Waals surface area contributed by atoms with Crippen LogP contribution in [0, 0.1) is 5.41 Å². The average molecular weight is 493 g/mol. The molecule has 2 saturated heterocycles. The van der Waals surface area contributed by atoms with Crippen molar-refractivity contribution in [3.63, 3.8) is 0 Å². The molecule has 10 heteroatoms. The van der Waals surface area contributed by atoms with Gasteiger partial charge in [-0.1, -0.05) is 0 Å². The number of nitrogens with one attached hydrogen (secondary N) is 2. The van der Waals surface area contributed by atoms with Crippen molar-refractivity contribution < 1.29 is 19.1 Å². The van der Waals surface area contributed by atoms with Crippen LogP contribution in [-0.4, -0.2) is 65.0 Å². The molecule has 190 valence electrons. The Hall–Kier alpha value is -3.66. The Labute approximate surface area is 210 Å². The fraction of sp³-hybridized carbons (Fsp3) is 0.462. The lowest BCUT2D eigenvalue weighted by atomic mass is 9.97. The van der Waals surface area contributed by atoms with Gasteiger partial charge < -0.3 is 25.0 Å². The fourth-order valence-electron chi connectivity index (χ4n) is 4.46. The van der Waals surface area contributed by atoms with Crippen molar-refractivity contribution >= 4 is 29.0 Å². The van der Waals surface area contributed by atoms with Gasteiger partial charge in [-0.3, -0.25) is 4.79 Å². The number of ether oxygens (including phenoxy) is 2. The highest BCUT2D eigenvalue weighted by molar-refractivity contribution is 5.89. The predicted octanol–water partition coefficient (Wildman–Crippen LogP) is 3.47. The van der Waals surface area contributed by atoms with Gasteiger partial charge in [0.15, 0.2) is 11.6 Å². The fourth-order valence-corrected chi connectivity index (χ4v) is 4.46. The number of benzene rings is 1. The van der Waals surface area contributed by atoms with E-state index in [0.717, 1.165) is 42.8 Å². The van der Waals surface area contributed by atoms with Crippen molar-refractivity contribution in [1.82, 2.24) is 19.9 Å². The van der Waals surface area contributed by atoms with E-state index < -0.39 is 5.41 Å². The van der Waals surface area contributed by atoms with Crippen molar-refractivity contribution in [3.05, 3.63) is 42.6 Å². The van der Waals surface area contributed by atoms with E-state index in [1.165, 1.54) is 0 Å². The Morgan fingerprint density at radius 3 is 2.53 bits per heavy atom. The molecule has 36 heavy (non-hydrogen) atoms. The first-order valence-corrected chi connectivity index (χ1v) is 12.3. The smallest absolute Gasteiger partial charge is 0.319 e. The van der Waals surface area contributed by atoms with Gasteiger partial charge in [0.1, 0.15) is 12.1 Å². The summed E-state index contributed by atoms with van der Waals surface area (Å²) in [6, 6.07) is 11.0. The lowest BCUT2D eigenvalue weighted by Gasteiger charge is -2.33. The van der Waals surface area contributed by atoms with Gasteiger partial charge >= 0.3 is 12.0 Å². The topological polar surface area (TPSA) is 110 Å². The van der Waals surface area contributed by atoms with E-state index in [9.17, 15) is 9.59 Å². The van der Waals surface area contributed by atoms with E-state index in [1.54, 1.807) is 20.8 Å². The Kier molecular flexibility index (Phi) is 6.53. The van der Waals surface area contributed by atoms with Crippen LogP contribution in [0.4, 0.5) is 16.3 Å². The molecule has 2 bridgehead atoms. The molecule has 0 unspecified atom stereocenters. The summed E-state index contributed by atoms with van der Waals surface area (Å²) in [6.45, 7) is 7.37. The van der Waals surface area contributed by atoms with Crippen LogP contribution in [0.15, 0.2) is 42.6 Å². The zero-order chi connectivity index (χ0) is 25.3. The van der Waals surface area contributed by atoms with Crippen LogP contribution in [0.3, 0.4) is 0 Å². The number of esters is 1. The van der Waals surface area contributed by atoms with E-state index >= 15 is 0 Å². The molecule has 5 rings (SSSR count). The molecule has 2 fully saturated rings. The molecule has 2 atom stereocenters. The molecule has 0 spiro atoms. The second-order valence-electron chi connectivity index (χ2n) is 10.3. The summed E-state index contributed by atoms with van der Waals surface area (Å²) in [4.78, 5) is 31.2. The molecule has 2 N–H and O–H groups in total. The minimum absolute atomic E-state index is 0.120. The number of carbonyl (C=O) groups is 2. The third-order valence-electron chi connectivity index (χ3n) is 6.35. The molecular formula is C26H32N6O4. The SMILES string of the molecule is CC(C)(C)C(=O)OCCNC(=O)Nc1ccc(-c2nc(N3C[C@H]4CC[C@@H](C3)O4)c3cccn3n2)cc1. The highest BCUT2D eigenvalue weighted by Gasteiger charge is 2.35. The summed E-state index contributed by atoms with van der Waals surface area (Å²) in [5, 5.41) is 10.2. The standard InChI is InChI=1S/C26H32N6O4/c1-26(2,3)24(33)35-14-12-27-25(34)28-18-8-6-17(7-9-18)22-29-23(21-5-4-13-32(21)30-22)31-15-19-10-11-20(16-31)36-19/h4-9,13,19-20H,10-12,14-16H2,1-3H3,(H2,27,28,34)/t19-,20+. The molecule has 2 aliphatic heterocycles. The number of urea groups is 1. The number of anilines is 2. The largest absolute Gasteiger partial charge is 0.463 e. The number of aromatic nitrogens is 3. The van der Waals surface area contributed by atoms with Crippen LogP contribution in [0.25, 0.3) is 16.9 Å². The maximum atomic E-state index is 12.2. The molecule has 0 radical (unpaired) electrons. The molecule has 2 aromatic heterocycles. The third kappa shape index (κ3) is 5.28. The van der Waals surface area contributed by atoms with Crippen LogP contribution in [0.1, 0.15) is 33.6 Å². The second kappa shape index (κ2) is 9.77. The van der Waals surface area contributed by atoms with Gasteiger partial charge in [-0.25, -0.2) is 14.3 Å². The van der Waals surface area contributed by atoms with Crippen LogP contribution < -0.4 is 15.5 Å². The molecule has 4 heterocycles. The van der Waals surface area contributed by atoms with Crippen LogP contribution >= 0.6 is 0 Å². The predicted molar refractivity (Wildman–Crippen MR) is 136 cm³/mol. The van der Waals surface area contributed by atoms with Crippen molar-refractivity contribution in [2.45, 2.75) is 45.8 Å². The number of carbonyl (C=O) groups excluding carboxylic acids is 2. The third-order valence-corrected chi connectivity index (χ3v) is 6.35. The van der Waals surface area contributed by atoms with E-state index in [-0.39, 0.29) is 37.4 Å². The minimum Gasteiger partial charge on any atom is -0.463 e. The number of fused-ring (bicyclic) bond motifs is 3. The Bertz CT molecular complexity index is 1240. The summed E-state index contributed by atoms with van der Waals surface area (Å²) < 4.78 is 13.0. The average Bonchev–Trinajstić information content (AvgIpc) is 3.46. The molecular weight excluding hydrogens is 460 g/mol. The highest BCUT2D eigenvalue weighted by Crippen LogP contribution is 2.32. The number of hydrogen-bond acceptors (Lipinski definition) is 7. The van der Waals surface area contributed by atoms with Crippen molar-refractivity contribution in [2.24, 2.45) is 5.41 Å². The molecule has 2 amide bonds. The zero-order valence-electron chi connectivity index (χ0n) is 20.9. The summed E-state index contributed by atoms with van der Waals surface area (Å²) in [5.74, 6) is 1.23. The quantitative estimate of drug-likeness (QED) is 0.400. The first-order chi connectivity index (χ1) is 17.3. The molecule has 1 aromatic carbocycles. The zero-order valence-corrected chi connectivity index (χ0v) is 20.9. The molecule has 2 aliphatic rings. The van der Waals surface area contributed by atoms with Crippen molar-refractivity contribution in [3.8, 4) is 11.4 Å². The van der Waals surface area contributed by atoms with E-state index in [0.29, 0.717) is 11.5 Å². The number of nitrogens with zero attached hydrogens (tertiary/aromatic N) is 4. The number of amides is 2. The van der Waals surface area contributed by atoms with Gasteiger partial charge in [0.05, 0.1) is 24.2 Å². The normalized spacial score (nSPS) is 19.4. The Morgan fingerprint density at radius 2 is 1.83 bits per heavy atom. The Balaban J connectivity index is 1.23. The maximum absolute atomic E-state index is 12.2. The second-order valence-corrected chi connectivity index (χ2v) is 10.3. The van der Waals surface area contributed by atoms with Gasteiger partial charge in [0, 0.05) is 30.5 Å². The van der Waals surface area contributed by atoms with E-state index in [1.807, 2.05) is 47.1 Å². The van der Waals surface area contributed by atoms with Crippen molar-refractivity contribution in [2.75, 3.05) is 36.5 Å². The first kappa shape index (κ1) is 24.1. The highest BCUT2D eigenvalue weighted by atomic mass is 16.5. The molecule has 0 saturated carbocycles. The van der Waals surface area contributed by atoms with Crippen LogP contribution in [0.2, 0.25) is 0 Å². The Morgan fingerprint density at radius 1 is 1.11 bits per heavy atom. The number of hydrogen-bond donors (Lipinski definition) is 2. The summed E-state index contributed by atoms with van der Waals surface area (Å²) >= 11 is 0. The van der Waals surface area contributed by atoms with Gasteiger partial charge in [0.25, 0.3) is 0 Å². The van der Waals surface area contributed by atoms with E-state index in [2.05, 4.69) is 15.5 Å². The number of rotatable bonds is 6. The summed E-state index contributed by atoms with van der Waals surface area (Å²) in [6.07, 6.45) is 4.65. The van der Waals surface area contributed by atoms with E-state index in [4.69, 9.17) is 19.6 Å². The lowest BCUT2D eigenvalue weighted by molar-refractivity contribution is -0.152. The molecule has 0 aliphatic carbocycles. The summed E-state index contributed by atoms with van der Waals surface area (Å²) in [5.41, 5.74) is 1.89. The van der Waals surface area contributed by atoms with Crippen LogP contribution in [-0.2, 0) is 14.3 Å². The van der Waals surface area contributed by atoms with Gasteiger partial charge in [-0.15, -0.1) is 5.10 Å². The van der Waals surface area contributed by atoms with Crippen LogP contribution in [0.5, 0.6) is 0 Å². The van der Waals surface area contributed by atoms with Gasteiger partial charge in [-0.05, 0) is 70.0 Å². The molecule has 10 nitrogen and oxygen atoms in total. The number of morpholine rings is 1. The first-order valence-electron chi connectivity index (χ1n) is 12.3. The lowest BCUT2D eigenvalue weighted by Crippen LogP contribution is -2.43. The maximum Gasteiger partial charge on any atom is 0.319 e. The minimum atomic E-state index is -0.567. The van der Waals surface area contributed by atoms with Gasteiger partial charge in [-0.2, -0.15) is 0 Å².